The SMILES string of the molecule is C[C@@H]1NCC[C@@H]1C(=O)N(C#N)c1ncc(-c2ccccc2)s1. The summed E-state index contributed by atoms with van der Waals surface area (Å²) in [6.07, 6.45) is 4.45. The normalized spacial score (nSPS) is 20.5. The number of amides is 1. The fourth-order valence-electron chi connectivity index (χ4n) is 2.65. The smallest absolute Gasteiger partial charge is 0.246 e. The molecule has 2 heterocycles. The predicted octanol–water partition coefficient (Wildman–Crippen LogP) is 2.62. The summed E-state index contributed by atoms with van der Waals surface area (Å²) in [5.41, 5.74) is 1.03. The molecule has 1 aromatic heterocycles. The zero-order chi connectivity index (χ0) is 15.5. The number of anilines is 1. The number of nitrogens with zero attached hydrogens (tertiary/aromatic N) is 3. The monoisotopic (exact) mass is 312 g/mol. The van der Waals surface area contributed by atoms with Gasteiger partial charge in [-0.25, -0.2) is 4.98 Å². The molecule has 5 nitrogen and oxygen atoms in total. The molecule has 1 fully saturated rings. The van der Waals surface area contributed by atoms with Crippen LogP contribution in [0.25, 0.3) is 10.4 Å². The van der Waals surface area contributed by atoms with Gasteiger partial charge in [0, 0.05) is 12.2 Å². The molecule has 112 valence electrons. The van der Waals surface area contributed by atoms with Gasteiger partial charge in [0.05, 0.1) is 10.8 Å². The topological polar surface area (TPSA) is 69.0 Å². The van der Waals surface area contributed by atoms with Gasteiger partial charge in [0.15, 0.2) is 6.19 Å². The molecule has 22 heavy (non-hydrogen) atoms. The Bertz CT molecular complexity index is 706. The summed E-state index contributed by atoms with van der Waals surface area (Å²) in [5, 5.41) is 13.1. The predicted molar refractivity (Wildman–Crippen MR) is 86.2 cm³/mol. The highest BCUT2D eigenvalue weighted by Gasteiger charge is 2.34. The average molecular weight is 312 g/mol. The molecule has 0 aliphatic carbocycles. The van der Waals surface area contributed by atoms with E-state index in [4.69, 9.17) is 0 Å². The minimum atomic E-state index is -0.172. The van der Waals surface area contributed by atoms with Gasteiger partial charge in [-0.3, -0.25) is 4.79 Å². The maximum absolute atomic E-state index is 12.6. The Morgan fingerprint density at radius 1 is 1.45 bits per heavy atom. The van der Waals surface area contributed by atoms with E-state index >= 15 is 0 Å². The summed E-state index contributed by atoms with van der Waals surface area (Å²) in [7, 11) is 0. The Labute approximate surface area is 133 Å². The van der Waals surface area contributed by atoms with Gasteiger partial charge in [0.25, 0.3) is 0 Å². The largest absolute Gasteiger partial charge is 0.313 e. The van der Waals surface area contributed by atoms with Crippen LogP contribution in [-0.4, -0.2) is 23.5 Å². The Hall–Kier alpha value is -2.23. The van der Waals surface area contributed by atoms with E-state index in [0.717, 1.165) is 28.3 Å². The first-order valence-corrected chi connectivity index (χ1v) is 8.00. The quantitative estimate of drug-likeness (QED) is 0.699. The molecule has 0 unspecified atom stereocenters. The highest BCUT2D eigenvalue weighted by Crippen LogP contribution is 2.32. The molecule has 1 amide bonds. The van der Waals surface area contributed by atoms with Crippen molar-refractivity contribution >= 4 is 22.4 Å². The van der Waals surface area contributed by atoms with E-state index in [-0.39, 0.29) is 17.9 Å². The van der Waals surface area contributed by atoms with Crippen molar-refractivity contribution in [3.05, 3.63) is 36.5 Å². The van der Waals surface area contributed by atoms with Crippen LogP contribution in [0.3, 0.4) is 0 Å². The van der Waals surface area contributed by atoms with E-state index in [1.54, 1.807) is 6.20 Å². The minimum absolute atomic E-state index is 0.0944. The van der Waals surface area contributed by atoms with Gasteiger partial charge in [0.1, 0.15) is 0 Å². The molecular formula is C16H16N4OS. The van der Waals surface area contributed by atoms with Crippen molar-refractivity contribution in [2.75, 3.05) is 11.4 Å². The number of nitrogens with one attached hydrogen (secondary N) is 1. The molecule has 2 aromatic rings. The maximum Gasteiger partial charge on any atom is 0.246 e. The summed E-state index contributed by atoms with van der Waals surface area (Å²) >= 11 is 1.36. The Kier molecular flexibility index (Phi) is 4.18. The van der Waals surface area contributed by atoms with Crippen molar-refractivity contribution in [2.45, 2.75) is 19.4 Å². The number of carbonyl (C=O) groups is 1. The third-order valence-corrected chi connectivity index (χ3v) is 4.94. The van der Waals surface area contributed by atoms with Crippen LogP contribution < -0.4 is 10.2 Å². The van der Waals surface area contributed by atoms with Crippen LogP contribution in [0.15, 0.2) is 36.5 Å². The Balaban J connectivity index is 1.84. The minimum Gasteiger partial charge on any atom is -0.313 e. The van der Waals surface area contributed by atoms with Crippen LogP contribution in [0.4, 0.5) is 5.13 Å². The van der Waals surface area contributed by atoms with Crippen molar-refractivity contribution in [3.8, 4) is 16.6 Å². The maximum atomic E-state index is 12.6. The van der Waals surface area contributed by atoms with Crippen molar-refractivity contribution in [3.63, 3.8) is 0 Å². The van der Waals surface area contributed by atoms with Crippen LogP contribution in [0.1, 0.15) is 13.3 Å². The molecule has 1 N–H and O–H groups in total. The second-order valence-electron chi connectivity index (χ2n) is 5.28. The van der Waals surface area contributed by atoms with Gasteiger partial charge < -0.3 is 5.32 Å². The molecule has 6 heteroatoms. The van der Waals surface area contributed by atoms with Gasteiger partial charge >= 0.3 is 0 Å². The van der Waals surface area contributed by atoms with Crippen molar-refractivity contribution < 1.29 is 4.79 Å². The van der Waals surface area contributed by atoms with Gasteiger partial charge in [-0.1, -0.05) is 41.7 Å². The summed E-state index contributed by atoms with van der Waals surface area (Å²) in [6.45, 7) is 2.78. The lowest BCUT2D eigenvalue weighted by Crippen LogP contribution is -2.37. The highest BCUT2D eigenvalue weighted by atomic mass is 32.1. The van der Waals surface area contributed by atoms with E-state index in [2.05, 4.69) is 10.3 Å². The van der Waals surface area contributed by atoms with Crippen LogP contribution in [0.5, 0.6) is 0 Å². The van der Waals surface area contributed by atoms with Gasteiger partial charge in [-0.2, -0.15) is 10.2 Å². The van der Waals surface area contributed by atoms with Crippen molar-refractivity contribution in [1.29, 1.82) is 5.26 Å². The fraction of sp³-hybridized carbons (Fsp3) is 0.312. The number of rotatable bonds is 3. The second-order valence-corrected chi connectivity index (χ2v) is 6.29. The third kappa shape index (κ3) is 2.73. The number of benzene rings is 1. The van der Waals surface area contributed by atoms with Crippen molar-refractivity contribution in [1.82, 2.24) is 10.3 Å². The van der Waals surface area contributed by atoms with E-state index in [9.17, 15) is 10.1 Å². The lowest BCUT2D eigenvalue weighted by molar-refractivity contribution is -0.121. The fourth-order valence-corrected chi connectivity index (χ4v) is 3.54. The third-order valence-electron chi connectivity index (χ3n) is 3.91. The average Bonchev–Trinajstić information content (AvgIpc) is 3.18. The van der Waals surface area contributed by atoms with Gasteiger partial charge in [-0.15, -0.1) is 0 Å². The first-order chi connectivity index (χ1) is 10.7. The molecule has 3 rings (SSSR count). The van der Waals surface area contributed by atoms with E-state index in [1.807, 2.05) is 43.4 Å². The molecule has 1 aromatic carbocycles. The molecule has 0 saturated carbocycles. The lowest BCUT2D eigenvalue weighted by Gasteiger charge is -2.18. The zero-order valence-corrected chi connectivity index (χ0v) is 13.0. The number of thiazole rings is 1. The van der Waals surface area contributed by atoms with Crippen molar-refractivity contribution in [2.24, 2.45) is 5.92 Å². The first kappa shape index (κ1) is 14.7. The number of aromatic nitrogens is 1. The van der Waals surface area contributed by atoms with Crippen LogP contribution in [-0.2, 0) is 4.79 Å². The number of hydrogen-bond acceptors (Lipinski definition) is 5. The van der Waals surface area contributed by atoms with Gasteiger partial charge in [0.2, 0.25) is 11.0 Å². The highest BCUT2D eigenvalue weighted by molar-refractivity contribution is 7.19. The molecule has 0 bridgehead atoms. The molecule has 1 aliphatic heterocycles. The molecule has 2 atom stereocenters. The van der Waals surface area contributed by atoms with E-state index in [1.165, 1.54) is 11.3 Å². The summed E-state index contributed by atoms with van der Waals surface area (Å²) in [4.78, 5) is 18.9. The Morgan fingerprint density at radius 3 is 2.86 bits per heavy atom. The van der Waals surface area contributed by atoms with Crippen LogP contribution >= 0.6 is 11.3 Å². The molecule has 1 saturated heterocycles. The first-order valence-electron chi connectivity index (χ1n) is 7.19. The number of hydrogen-bond donors (Lipinski definition) is 1. The molecule has 0 spiro atoms. The second kappa shape index (κ2) is 6.26. The van der Waals surface area contributed by atoms with Crippen LogP contribution in [0, 0.1) is 17.4 Å². The summed E-state index contributed by atoms with van der Waals surface area (Å²) in [6, 6.07) is 9.92. The standard InChI is InChI=1S/C16H16N4OS/c1-11-13(7-8-18-11)15(21)20(10-17)16-19-9-14(22-16)12-5-3-2-4-6-12/h2-6,9,11,13,18H,7-8H2,1H3/t11-,13-/m0/s1. The van der Waals surface area contributed by atoms with Crippen LogP contribution in [0.2, 0.25) is 0 Å². The Morgan fingerprint density at radius 2 is 2.23 bits per heavy atom. The van der Waals surface area contributed by atoms with E-state index in [0.29, 0.717) is 5.13 Å². The number of carbonyl (C=O) groups excluding carboxylic acids is 1. The summed E-state index contributed by atoms with van der Waals surface area (Å²) < 4.78 is 0. The van der Waals surface area contributed by atoms with E-state index < -0.39 is 0 Å². The van der Waals surface area contributed by atoms with Gasteiger partial charge in [-0.05, 0) is 25.5 Å². The molecule has 1 aliphatic rings. The molecular weight excluding hydrogens is 296 g/mol. The summed E-state index contributed by atoms with van der Waals surface area (Å²) in [5.74, 6) is -0.335. The lowest BCUT2D eigenvalue weighted by atomic mass is 10.0. The molecule has 0 radical (unpaired) electrons. The zero-order valence-electron chi connectivity index (χ0n) is 12.2. The number of nitriles is 1.